The molecule has 0 aliphatic carbocycles. The van der Waals surface area contributed by atoms with E-state index in [4.69, 9.17) is 23.7 Å². The van der Waals surface area contributed by atoms with Gasteiger partial charge in [-0.15, -0.1) is 5.10 Å². The minimum Gasteiger partial charge on any atom is -0.369 e. The Labute approximate surface area is 91.9 Å². The van der Waals surface area contributed by atoms with Crippen LogP contribution >= 0.6 is 24.0 Å². The van der Waals surface area contributed by atoms with Crippen molar-refractivity contribution in [3.63, 3.8) is 0 Å². The molecule has 0 rings (SSSR count). The minimum atomic E-state index is -0.0923. The van der Waals surface area contributed by atoms with Crippen molar-refractivity contribution in [3.05, 3.63) is 0 Å². The second-order valence-corrected chi connectivity index (χ2v) is 3.61. The summed E-state index contributed by atoms with van der Waals surface area (Å²) in [5.41, 5.74) is 13.3. The Bertz CT molecular complexity index is 278. The van der Waals surface area contributed by atoms with Gasteiger partial charge in [0.2, 0.25) is 5.96 Å². The Balaban J connectivity index is 4.05. The van der Waals surface area contributed by atoms with Crippen LogP contribution in [0.4, 0.5) is 0 Å². The fourth-order valence-electron chi connectivity index (χ4n) is 0.386. The molecule has 0 aliphatic rings. The molecule has 78 valence electrons. The molecule has 0 spiro atoms. The fourth-order valence-corrected chi connectivity index (χ4v) is 0.583. The molecule has 0 aromatic carbocycles. The summed E-state index contributed by atoms with van der Waals surface area (Å²) in [5, 5.41) is 10.9. The SMILES string of the molecule is CSC(=S)N/N=C/C(C)=N\N=C(N)N. The van der Waals surface area contributed by atoms with E-state index in [9.17, 15) is 0 Å². The van der Waals surface area contributed by atoms with Crippen LogP contribution in [0.25, 0.3) is 0 Å². The largest absolute Gasteiger partial charge is 0.369 e. The molecule has 0 unspecified atom stereocenters. The van der Waals surface area contributed by atoms with Gasteiger partial charge in [-0.1, -0.05) is 24.0 Å². The fraction of sp³-hybridized carbons (Fsp3) is 0.333. The number of hydrazone groups is 1. The average Bonchev–Trinajstić information content (AvgIpc) is 2.14. The van der Waals surface area contributed by atoms with Crippen LogP contribution in [-0.2, 0) is 0 Å². The van der Waals surface area contributed by atoms with Crippen LogP contribution in [0, 0.1) is 0 Å². The first-order chi connectivity index (χ1) is 6.56. The number of hydrogen-bond acceptors (Lipinski definition) is 5. The Kier molecular flexibility index (Phi) is 6.68. The molecule has 8 heteroatoms. The number of guanidine groups is 1. The molecule has 5 N–H and O–H groups in total. The van der Waals surface area contributed by atoms with E-state index in [1.807, 2.05) is 6.26 Å². The van der Waals surface area contributed by atoms with Crippen molar-refractivity contribution < 1.29 is 0 Å². The Hall–Kier alpha value is -1.15. The molecule has 14 heavy (non-hydrogen) atoms. The number of nitrogens with zero attached hydrogens (tertiary/aromatic N) is 3. The van der Waals surface area contributed by atoms with Crippen LogP contribution in [0.15, 0.2) is 15.3 Å². The van der Waals surface area contributed by atoms with Gasteiger partial charge in [-0.05, 0) is 13.2 Å². The molecule has 0 amide bonds. The second kappa shape index (κ2) is 7.27. The van der Waals surface area contributed by atoms with Gasteiger partial charge in [0.05, 0.1) is 11.9 Å². The van der Waals surface area contributed by atoms with Gasteiger partial charge in [0.25, 0.3) is 0 Å². The lowest BCUT2D eigenvalue weighted by atomic mass is 10.5. The van der Waals surface area contributed by atoms with E-state index in [1.54, 1.807) is 6.92 Å². The molecule has 0 saturated carbocycles. The molecule has 0 atom stereocenters. The van der Waals surface area contributed by atoms with E-state index in [-0.39, 0.29) is 5.96 Å². The summed E-state index contributed by atoms with van der Waals surface area (Å²) < 4.78 is 0.580. The van der Waals surface area contributed by atoms with Gasteiger partial charge in [0.15, 0.2) is 4.32 Å². The van der Waals surface area contributed by atoms with Crippen LogP contribution in [0.2, 0.25) is 0 Å². The molecule has 0 aromatic heterocycles. The third-order valence-electron chi connectivity index (χ3n) is 0.916. The van der Waals surface area contributed by atoms with Crippen molar-refractivity contribution >= 4 is 46.2 Å². The van der Waals surface area contributed by atoms with Crippen LogP contribution < -0.4 is 16.9 Å². The lowest BCUT2D eigenvalue weighted by Gasteiger charge is -1.95. The lowest BCUT2D eigenvalue weighted by molar-refractivity contribution is 1.08. The summed E-state index contributed by atoms with van der Waals surface area (Å²) in [5.74, 6) is -0.0923. The molecule has 0 heterocycles. The van der Waals surface area contributed by atoms with Gasteiger partial charge >= 0.3 is 0 Å². The van der Waals surface area contributed by atoms with Crippen molar-refractivity contribution in [2.75, 3.05) is 6.26 Å². The summed E-state index contributed by atoms with van der Waals surface area (Å²) in [7, 11) is 0. The third kappa shape index (κ3) is 7.50. The standard InChI is InChI=1S/C6H12N6S2/c1-4(10-11-5(7)8)3-9-12-6(13)14-2/h3H,1-2H3,(H,12,13)(H4,7,8,11)/b9-3+,10-4-. The van der Waals surface area contributed by atoms with Crippen LogP contribution in [-0.4, -0.2) is 28.5 Å². The highest BCUT2D eigenvalue weighted by atomic mass is 32.2. The lowest BCUT2D eigenvalue weighted by Crippen LogP contribution is -2.22. The molecule has 0 saturated heterocycles. The van der Waals surface area contributed by atoms with Crippen LogP contribution in [0.1, 0.15) is 6.92 Å². The normalized spacial score (nSPS) is 11.4. The van der Waals surface area contributed by atoms with E-state index >= 15 is 0 Å². The zero-order valence-corrected chi connectivity index (χ0v) is 9.52. The van der Waals surface area contributed by atoms with Crippen molar-refractivity contribution in [3.8, 4) is 0 Å². The monoisotopic (exact) mass is 232 g/mol. The Morgan fingerprint density at radius 3 is 2.57 bits per heavy atom. The Morgan fingerprint density at radius 2 is 2.07 bits per heavy atom. The minimum absolute atomic E-state index is 0.0923. The Morgan fingerprint density at radius 1 is 1.43 bits per heavy atom. The van der Waals surface area contributed by atoms with Crippen molar-refractivity contribution in [1.82, 2.24) is 5.43 Å². The van der Waals surface area contributed by atoms with E-state index in [1.165, 1.54) is 18.0 Å². The zero-order valence-electron chi connectivity index (χ0n) is 7.89. The second-order valence-electron chi connectivity index (χ2n) is 2.13. The van der Waals surface area contributed by atoms with Gasteiger partial charge in [0, 0.05) is 0 Å². The summed E-state index contributed by atoms with van der Waals surface area (Å²) in [4.78, 5) is 0. The molecular weight excluding hydrogens is 220 g/mol. The maximum atomic E-state index is 5.08. The summed E-state index contributed by atoms with van der Waals surface area (Å²) >= 11 is 6.24. The van der Waals surface area contributed by atoms with E-state index in [2.05, 4.69) is 20.7 Å². The number of thioether (sulfide) groups is 1. The van der Waals surface area contributed by atoms with E-state index < -0.39 is 0 Å². The summed E-state index contributed by atoms with van der Waals surface area (Å²) in [6, 6.07) is 0. The molecule has 6 nitrogen and oxygen atoms in total. The molecule has 0 aromatic rings. The highest BCUT2D eigenvalue weighted by Crippen LogP contribution is 1.92. The molecular formula is C6H12N6S2. The predicted molar refractivity (Wildman–Crippen MR) is 66.7 cm³/mol. The topological polar surface area (TPSA) is 101 Å². The van der Waals surface area contributed by atoms with Gasteiger partial charge in [-0.3, -0.25) is 5.43 Å². The highest BCUT2D eigenvalue weighted by Gasteiger charge is 1.87. The third-order valence-corrected chi connectivity index (χ3v) is 1.97. The quantitative estimate of drug-likeness (QED) is 0.272. The highest BCUT2D eigenvalue weighted by molar-refractivity contribution is 8.22. The van der Waals surface area contributed by atoms with Gasteiger partial charge < -0.3 is 11.5 Å². The molecule has 0 fully saturated rings. The summed E-state index contributed by atoms with van der Waals surface area (Å²) in [6.07, 6.45) is 3.32. The smallest absolute Gasteiger partial charge is 0.211 e. The van der Waals surface area contributed by atoms with Crippen molar-refractivity contribution in [2.24, 2.45) is 26.8 Å². The maximum absolute atomic E-state index is 5.08. The average molecular weight is 232 g/mol. The predicted octanol–water partition coefficient (Wildman–Crippen LogP) is -0.141. The van der Waals surface area contributed by atoms with Gasteiger partial charge in [-0.25, -0.2) is 0 Å². The molecule has 0 aliphatic heterocycles. The maximum Gasteiger partial charge on any atom is 0.211 e. The van der Waals surface area contributed by atoms with Crippen LogP contribution in [0.3, 0.4) is 0 Å². The van der Waals surface area contributed by atoms with E-state index in [0.29, 0.717) is 10.0 Å². The van der Waals surface area contributed by atoms with Crippen molar-refractivity contribution in [1.29, 1.82) is 0 Å². The number of nitrogens with two attached hydrogens (primary N) is 2. The van der Waals surface area contributed by atoms with Crippen molar-refractivity contribution in [2.45, 2.75) is 6.92 Å². The van der Waals surface area contributed by atoms with Gasteiger partial charge in [-0.2, -0.15) is 10.2 Å². The molecule has 0 radical (unpaired) electrons. The number of nitrogens with one attached hydrogen (secondary N) is 1. The number of thiocarbonyl (C=S) groups is 1. The number of hydrogen-bond donors (Lipinski definition) is 3. The first kappa shape index (κ1) is 12.8. The zero-order chi connectivity index (χ0) is 11.0. The number of rotatable bonds is 3. The first-order valence-corrected chi connectivity index (χ1v) is 5.19. The van der Waals surface area contributed by atoms with Crippen LogP contribution in [0.5, 0.6) is 0 Å². The molecule has 0 bridgehead atoms. The van der Waals surface area contributed by atoms with Gasteiger partial charge in [0.1, 0.15) is 0 Å². The first-order valence-electron chi connectivity index (χ1n) is 3.56. The van der Waals surface area contributed by atoms with E-state index in [0.717, 1.165) is 0 Å². The summed E-state index contributed by atoms with van der Waals surface area (Å²) in [6.45, 7) is 1.71.